The number of ether oxygens (including phenoxy) is 1. The van der Waals surface area contributed by atoms with Crippen LogP contribution in [0.3, 0.4) is 0 Å². The highest BCUT2D eigenvalue weighted by Crippen LogP contribution is 2.33. The quantitative estimate of drug-likeness (QED) is 0.384. The Labute approximate surface area is 184 Å². The van der Waals surface area contributed by atoms with Crippen molar-refractivity contribution in [3.63, 3.8) is 0 Å². The molecule has 0 fully saturated rings. The lowest BCUT2D eigenvalue weighted by Crippen LogP contribution is -2.26. The third-order valence-corrected chi connectivity index (χ3v) is 5.66. The fourth-order valence-electron chi connectivity index (χ4n) is 4.13. The molecular weight excluding hydrogens is 412 g/mol. The number of aliphatic carboxylic acids is 1. The van der Waals surface area contributed by atoms with Gasteiger partial charge >= 0.3 is 11.6 Å². The SMILES string of the molecule is O=C(O)/C=C/c1cccc(OCC(O)C(O)c2cccc3oc(=O)c4c(c23)CCCC4)c1. The topological polar surface area (TPSA) is 117 Å². The number of rotatable bonds is 7. The van der Waals surface area contributed by atoms with Gasteiger partial charge in [0.25, 0.3) is 0 Å². The Morgan fingerprint density at radius 2 is 1.84 bits per heavy atom. The second kappa shape index (κ2) is 9.38. The lowest BCUT2D eigenvalue weighted by atomic mass is 9.87. The molecule has 0 spiro atoms. The summed E-state index contributed by atoms with van der Waals surface area (Å²) in [6.07, 6.45) is 3.24. The zero-order valence-corrected chi connectivity index (χ0v) is 17.4. The number of aryl methyl sites for hydroxylation is 1. The van der Waals surface area contributed by atoms with Crippen molar-refractivity contribution in [1.82, 2.24) is 0 Å². The molecule has 7 nitrogen and oxygen atoms in total. The summed E-state index contributed by atoms with van der Waals surface area (Å²) in [5, 5.41) is 31.0. The van der Waals surface area contributed by atoms with Gasteiger partial charge in [0.2, 0.25) is 0 Å². The smallest absolute Gasteiger partial charge is 0.339 e. The molecule has 32 heavy (non-hydrogen) atoms. The van der Waals surface area contributed by atoms with Gasteiger partial charge in [-0.05, 0) is 66.6 Å². The van der Waals surface area contributed by atoms with Crippen molar-refractivity contribution in [2.24, 2.45) is 0 Å². The van der Waals surface area contributed by atoms with E-state index in [-0.39, 0.29) is 12.2 Å². The average molecular weight is 436 g/mol. The van der Waals surface area contributed by atoms with E-state index in [1.54, 1.807) is 42.5 Å². The molecule has 0 saturated carbocycles. The Kier molecular flexibility index (Phi) is 6.39. The summed E-state index contributed by atoms with van der Waals surface area (Å²) in [6.45, 7) is -0.178. The molecule has 1 aliphatic rings. The third kappa shape index (κ3) is 4.59. The van der Waals surface area contributed by atoms with Crippen LogP contribution in [0.1, 0.15) is 41.2 Å². The molecule has 3 aromatic rings. The van der Waals surface area contributed by atoms with Gasteiger partial charge in [-0.25, -0.2) is 9.59 Å². The molecule has 0 amide bonds. The highest BCUT2D eigenvalue weighted by Gasteiger charge is 2.26. The van der Waals surface area contributed by atoms with Crippen molar-refractivity contribution in [1.29, 1.82) is 0 Å². The number of aliphatic hydroxyl groups is 2. The van der Waals surface area contributed by atoms with Crippen LogP contribution in [0.5, 0.6) is 5.75 Å². The largest absolute Gasteiger partial charge is 0.491 e. The van der Waals surface area contributed by atoms with Crippen molar-refractivity contribution in [3.05, 3.63) is 81.2 Å². The monoisotopic (exact) mass is 436 g/mol. The maximum atomic E-state index is 12.3. The fourth-order valence-corrected chi connectivity index (χ4v) is 4.13. The molecule has 2 aromatic carbocycles. The van der Waals surface area contributed by atoms with Gasteiger partial charge in [0.05, 0.1) is 0 Å². The summed E-state index contributed by atoms with van der Waals surface area (Å²) < 4.78 is 11.1. The molecule has 0 aliphatic heterocycles. The third-order valence-electron chi connectivity index (χ3n) is 5.66. The number of benzene rings is 2. The van der Waals surface area contributed by atoms with Gasteiger partial charge in [0.1, 0.15) is 30.1 Å². The zero-order chi connectivity index (χ0) is 22.7. The maximum absolute atomic E-state index is 12.3. The molecule has 3 N–H and O–H groups in total. The van der Waals surface area contributed by atoms with Crippen molar-refractivity contribution in [2.45, 2.75) is 37.9 Å². The average Bonchev–Trinajstić information content (AvgIpc) is 2.80. The first-order valence-electron chi connectivity index (χ1n) is 10.5. The molecule has 0 saturated heterocycles. The summed E-state index contributed by atoms with van der Waals surface area (Å²) >= 11 is 0. The van der Waals surface area contributed by atoms with E-state index in [0.29, 0.717) is 39.8 Å². The maximum Gasteiger partial charge on any atom is 0.339 e. The minimum atomic E-state index is -1.24. The van der Waals surface area contributed by atoms with E-state index < -0.39 is 18.2 Å². The Morgan fingerprint density at radius 3 is 2.62 bits per heavy atom. The Balaban J connectivity index is 1.56. The van der Waals surface area contributed by atoms with Gasteiger partial charge in [0, 0.05) is 17.0 Å². The minimum Gasteiger partial charge on any atom is -0.491 e. The number of aliphatic hydroxyl groups excluding tert-OH is 2. The van der Waals surface area contributed by atoms with E-state index in [4.69, 9.17) is 14.3 Å². The van der Waals surface area contributed by atoms with Gasteiger partial charge < -0.3 is 24.5 Å². The lowest BCUT2D eigenvalue weighted by molar-refractivity contribution is -0.131. The molecule has 1 aromatic heterocycles. The predicted octanol–water partition coefficient (Wildman–Crippen LogP) is 3.24. The van der Waals surface area contributed by atoms with E-state index in [9.17, 15) is 19.8 Å². The van der Waals surface area contributed by atoms with Gasteiger partial charge in [0.15, 0.2) is 0 Å². The summed E-state index contributed by atoms with van der Waals surface area (Å²) in [4.78, 5) is 23.0. The van der Waals surface area contributed by atoms with Crippen LogP contribution in [0.15, 0.2) is 57.8 Å². The van der Waals surface area contributed by atoms with Crippen LogP contribution < -0.4 is 10.4 Å². The molecule has 7 heteroatoms. The standard InChI is InChI=1S/C25H24O7/c26-20(14-31-16-6-3-5-15(13-16)11-12-22(27)28)24(29)19-9-4-10-21-23(19)17-7-1-2-8-18(17)25(30)32-21/h3-6,9-13,20,24,26,29H,1-2,7-8,14H2,(H,27,28)/b12-11+. The zero-order valence-electron chi connectivity index (χ0n) is 17.4. The van der Waals surface area contributed by atoms with Gasteiger partial charge in [-0.3, -0.25) is 0 Å². The number of carbonyl (C=O) groups is 1. The van der Waals surface area contributed by atoms with Crippen molar-refractivity contribution in [3.8, 4) is 5.75 Å². The normalized spacial score (nSPS) is 15.4. The fraction of sp³-hybridized carbons (Fsp3) is 0.280. The summed E-state index contributed by atoms with van der Waals surface area (Å²) in [7, 11) is 0. The van der Waals surface area contributed by atoms with Crippen LogP contribution in [-0.2, 0) is 17.6 Å². The number of fused-ring (bicyclic) bond motifs is 3. The molecule has 4 rings (SSSR count). The first-order chi connectivity index (χ1) is 15.4. The first kappa shape index (κ1) is 21.8. The molecule has 0 radical (unpaired) electrons. The number of carboxylic acid groups (broad SMARTS) is 1. The first-order valence-corrected chi connectivity index (χ1v) is 10.5. The molecule has 1 heterocycles. The van der Waals surface area contributed by atoms with E-state index in [2.05, 4.69) is 0 Å². The van der Waals surface area contributed by atoms with E-state index in [1.165, 1.54) is 6.08 Å². The van der Waals surface area contributed by atoms with E-state index >= 15 is 0 Å². The number of hydrogen-bond acceptors (Lipinski definition) is 6. The number of carboxylic acids is 1. The Morgan fingerprint density at radius 1 is 1.09 bits per heavy atom. The second-order valence-corrected chi connectivity index (χ2v) is 7.84. The molecule has 2 atom stereocenters. The lowest BCUT2D eigenvalue weighted by Gasteiger charge is -2.23. The highest BCUT2D eigenvalue weighted by molar-refractivity contribution is 5.86. The van der Waals surface area contributed by atoms with Crippen LogP contribution in [-0.4, -0.2) is 34.0 Å². The Bertz CT molecular complexity index is 1220. The van der Waals surface area contributed by atoms with E-state index in [1.807, 2.05) is 0 Å². The summed E-state index contributed by atoms with van der Waals surface area (Å²) in [6, 6.07) is 11.9. The molecule has 0 bridgehead atoms. The van der Waals surface area contributed by atoms with E-state index in [0.717, 1.165) is 30.9 Å². The molecule has 166 valence electrons. The van der Waals surface area contributed by atoms with Crippen LogP contribution >= 0.6 is 0 Å². The minimum absolute atomic E-state index is 0.178. The van der Waals surface area contributed by atoms with Crippen molar-refractivity contribution < 1.29 is 29.3 Å². The van der Waals surface area contributed by atoms with Crippen LogP contribution in [0.2, 0.25) is 0 Å². The molecule has 1 aliphatic carbocycles. The van der Waals surface area contributed by atoms with Gasteiger partial charge in [-0.1, -0.05) is 24.3 Å². The summed E-state index contributed by atoms with van der Waals surface area (Å²) in [5.74, 6) is -0.618. The highest BCUT2D eigenvalue weighted by atomic mass is 16.5. The van der Waals surface area contributed by atoms with Crippen LogP contribution in [0, 0.1) is 0 Å². The van der Waals surface area contributed by atoms with Gasteiger partial charge in [-0.15, -0.1) is 0 Å². The predicted molar refractivity (Wildman–Crippen MR) is 119 cm³/mol. The van der Waals surface area contributed by atoms with Crippen LogP contribution in [0.25, 0.3) is 17.0 Å². The van der Waals surface area contributed by atoms with Gasteiger partial charge in [-0.2, -0.15) is 0 Å². The molecule has 2 unspecified atom stereocenters. The van der Waals surface area contributed by atoms with Crippen LogP contribution in [0.4, 0.5) is 0 Å². The van der Waals surface area contributed by atoms with Crippen molar-refractivity contribution in [2.75, 3.05) is 6.61 Å². The summed E-state index contributed by atoms with van der Waals surface area (Å²) in [5.41, 5.74) is 2.75. The second-order valence-electron chi connectivity index (χ2n) is 7.84. The Hall–Kier alpha value is -3.42. The molecular formula is C25H24O7. The number of hydrogen-bond donors (Lipinski definition) is 3. The van der Waals surface area contributed by atoms with Crippen molar-refractivity contribution >= 4 is 23.0 Å².